The molecule has 104 valence electrons. The first kappa shape index (κ1) is 13.4. The standard InChI is InChI=1S/C19H24N/c1-16-8-6-14-20-15-7-13-18(19(16)20)12-5-11-17-9-3-2-4-10-17/h2-4,9-10,12H,1,5-8,11,13-15H2/q+1/b18-12-. The predicted octanol–water partition coefficient (Wildman–Crippen LogP) is 4.14. The van der Waals surface area contributed by atoms with Crippen LogP contribution >= 0.6 is 0 Å². The van der Waals surface area contributed by atoms with Crippen LogP contribution in [0.3, 0.4) is 0 Å². The molecule has 0 aromatic heterocycles. The molecule has 2 aliphatic rings. The fourth-order valence-electron chi connectivity index (χ4n) is 3.43. The van der Waals surface area contributed by atoms with Crippen molar-refractivity contribution >= 4 is 5.71 Å². The van der Waals surface area contributed by atoms with E-state index in [1.54, 1.807) is 5.57 Å². The van der Waals surface area contributed by atoms with E-state index in [0.29, 0.717) is 0 Å². The number of hydrogen-bond acceptors (Lipinski definition) is 0. The lowest BCUT2D eigenvalue weighted by atomic mass is 9.89. The lowest BCUT2D eigenvalue weighted by Gasteiger charge is -2.23. The monoisotopic (exact) mass is 266 g/mol. The molecule has 1 heteroatoms. The molecule has 0 radical (unpaired) electrons. The molecule has 2 aliphatic heterocycles. The SMILES string of the molecule is C=C1CCC[N+]2=C1/C(=C\CCc1ccccc1)CCC2. The first-order valence-electron chi connectivity index (χ1n) is 7.88. The van der Waals surface area contributed by atoms with Crippen molar-refractivity contribution in [3.05, 3.63) is 59.7 Å². The third-order valence-corrected chi connectivity index (χ3v) is 4.40. The van der Waals surface area contributed by atoms with E-state index in [4.69, 9.17) is 0 Å². The molecule has 0 saturated carbocycles. The van der Waals surface area contributed by atoms with Gasteiger partial charge in [0, 0.05) is 24.0 Å². The van der Waals surface area contributed by atoms with Gasteiger partial charge in [-0.15, -0.1) is 0 Å². The molecule has 1 aromatic carbocycles. The fraction of sp³-hybridized carbons (Fsp3) is 0.421. The summed E-state index contributed by atoms with van der Waals surface area (Å²) in [6.07, 6.45) is 9.74. The van der Waals surface area contributed by atoms with E-state index in [1.807, 2.05) is 0 Å². The van der Waals surface area contributed by atoms with Gasteiger partial charge in [-0.1, -0.05) is 43.0 Å². The van der Waals surface area contributed by atoms with Gasteiger partial charge in [0.2, 0.25) is 5.71 Å². The fourth-order valence-corrected chi connectivity index (χ4v) is 3.43. The average molecular weight is 266 g/mol. The van der Waals surface area contributed by atoms with Crippen LogP contribution in [0, 0.1) is 0 Å². The van der Waals surface area contributed by atoms with Crippen LogP contribution in [0.4, 0.5) is 0 Å². The minimum absolute atomic E-state index is 1.14. The summed E-state index contributed by atoms with van der Waals surface area (Å²) in [6, 6.07) is 10.8. The zero-order valence-electron chi connectivity index (χ0n) is 12.3. The van der Waals surface area contributed by atoms with E-state index in [1.165, 1.54) is 55.6 Å². The summed E-state index contributed by atoms with van der Waals surface area (Å²) in [7, 11) is 0. The lowest BCUT2D eigenvalue weighted by Crippen LogP contribution is -2.33. The molecule has 2 heterocycles. The normalized spacial score (nSPS) is 21.2. The van der Waals surface area contributed by atoms with Crippen LogP contribution in [0.1, 0.15) is 37.7 Å². The highest BCUT2D eigenvalue weighted by atomic mass is 15.0. The highest BCUT2D eigenvalue weighted by Gasteiger charge is 2.29. The number of rotatable bonds is 3. The van der Waals surface area contributed by atoms with Crippen molar-refractivity contribution in [1.82, 2.24) is 0 Å². The molecule has 0 unspecified atom stereocenters. The zero-order chi connectivity index (χ0) is 13.8. The van der Waals surface area contributed by atoms with E-state index >= 15 is 0 Å². The predicted molar refractivity (Wildman–Crippen MR) is 85.5 cm³/mol. The van der Waals surface area contributed by atoms with Gasteiger partial charge in [-0.05, 0) is 31.2 Å². The molecule has 0 spiro atoms. The first-order valence-corrected chi connectivity index (χ1v) is 7.88. The highest BCUT2D eigenvalue weighted by Crippen LogP contribution is 2.25. The molecule has 0 fully saturated rings. The largest absolute Gasteiger partial charge is 0.229 e. The molecule has 0 saturated heterocycles. The molecule has 0 bridgehead atoms. The molecule has 20 heavy (non-hydrogen) atoms. The van der Waals surface area contributed by atoms with Gasteiger partial charge in [-0.3, -0.25) is 0 Å². The van der Waals surface area contributed by atoms with Gasteiger partial charge in [0.05, 0.1) is 0 Å². The van der Waals surface area contributed by atoms with E-state index in [9.17, 15) is 0 Å². The third-order valence-electron chi connectivity index (χ3n) is 4.40. The highest BCUT2D eigenvalue weighted by molar-refractivity contribution is 6.09. The van der Waals surface area contributed by atoms with Gasteiger partial charge in [-0.2, -0.15) is 0 Å². The Hall–Kier alpha value is -1.63. The Bertz CT molecular complexity index is 544. The minimum atomic E-state index is 1.14. The Morgan fingerprint density at radius 3 is 2.60 bits per heavy atom. The summed E-state index contributed by atoms with van der Waals surface area (Å²) < 4.78 is 2.56. The van der Waals surface area contributed by atoms with Crippen molar-refractivity contribution in [2.45, 2.75) is 38.5 Å². The Morgan fingerprint density at radius 1 is 1.05 bits per heavy atom. The lowest BCUT2D eigenvalue weighted by molar-refractivity contribution is -0.533. The Balaban J connectivity index is 1.72. The summed E-state index contributed by atoms with van der Waals surface area (Å²) >= 11 is 0. The van der Waals surface area contributed by atoms with Gasteiger partial charge in [-0.25, -0.2) is 4.58 Å². The van der Waals surface area contributed by atoms with Gasteiger partial charge < -0.3 is 0 Å². The van der Waals surface area contributed by atoms with E-state index < -0.39 is 0 Å². The molecular formula is C19H24N+. The first-order chi connectivity index (χ1) is 9.84. The smallest absolute Gasteiger partial charge is 0.205 e. The maximum Gasteiger partial charge on any atom is 0.205 e. The number of nitrogens with zero attached hydrogens (tertiary/aromatic N) is 1. The summed E-state index contributed by atoms with van der Waals surface area (Å²) in [5.41, 5.74) is 5.83. The number of hydrogen-bond donors (Lipinski definition) is 0. The van der Waals surface area contributed by atoms with Crippen LogP contribution < -0.4 is 0 Å². The maximum absolute atomic E-state index is 4.30. The van der Waals surface area contributed by atoms with E-state index in [0.717, 1.165) is 12.8 Å². The summed E-state index contributed by atoms with van der Waals surface area (Å²) in [5, 5.41) is 0. The van der Waals surface area contributed by atoms with Gasteiger partial charge in [0.25, 0.3) is 0 Å². The second kappa shape index (κ2) is 6.21. The molecule has 1 aromatic rings. The number of benzene rings is 1. The van der Waals surface area contributed by atoms with Crippen LogP contribution in [0.25, 0.3) is 0 Å². The van der Waals surface area contributed by atoms with Crippen LogP contribution in [0.2, 0.25) is 0 Å². The van der Waals surface area contributed by atoms with Crippen LogP contribution in [-0.4, -0.2) is 23.4 Å². The third kappa shape index (κ3) is 2.92. The molecule has 1 nitrogen and oxygen atoms in total. The van der Waals surface area contributed by atoms with Crippen LogP contribution in [-0.2, 0) is 6.42 Å². The maximum atomic E-state index is 4.30. The Kier molecular flexibility index (Phi) is 4.15. The van der Waals surface area contributed by atoms with Gasteiger partial charge in [0.15, 0.2) is 0 Å². The second-order valence-corrected chi connectivity index (χ2v) is 5.90. The van der Waals surface area contributed by atoms with Crippen LogP contribution in [0.15, 0.2) is 54.1 Å². The Labute approximate surface area is 122 Å². The average Bonchev–Trinajstić information content (AvgIpc) is 2.49. The minimum Gasteiger partial charge on any atom is -0.229 e. The molecular weight excluding hydrogens is 242 g/mol. The summed E-state index contributed by atoms with van der Waals surface area (Å²) in [6.45, 7) is 6.75. The van der Waals surface area contributed by atoms with E-state index in [2.05, 4.69) is 47.6 Å². The molecule has 0 amide bonds. The van der Waals surface area contributed by atoms with Crippen molar-refractivity contribution < 1.29 is 4.58 Å². The summed E-state index contributed by atoms with van der Waals surface area (Å²) in [4.78, 5) is 0. The molecule has 0 atom stereocenters. The van der Waals surface area contributed by atoms with Gasteiger partial charge >= 0.3 is 0 Å². The number of aryl methyl sites for hydroxylation is 1. The zero-order valence-corrected chi connectivity index (χ0v) is 12.3. The number of allylic oxidation sites excluding steroid dienone is 3. The Morgan fingerprint density at radius 2 is 1.80 bits per heavy atom. The summed E-state index contributed by atoms with van der Waals surface area (Å²) in [5.74, 6) is 0. The van der Waals surface area contributed by atoms with Crippen molar-refractivity contribution in [3.63, 3.8) is 0 Å². The van der Waals surface area contributed by atoms with Crippen molar-refractivity contribution in [1.29, 1.82) is 0 Å². The van der Waals surface area contributed by atoms with Gasteiger partial charge in [0.1, 0.15) is 13.1 Å². The molecule has 3 rings (SSSR count). The second-order valence-electron chi connectivity index (χ2n) is 5.90. The molecule has 0 aliphatic carbocycles. The van der Waals surface area contributed by atoms with Crippen molar-refractivity contribution in [2.24, 2.45) is 0 Å². The van der Waals surface area contributed by atoms with Crippen LogP contribution in [0.5, 0.6) is 0 Å². The quantitative estimate of drug-likeness (QED) is 0.723. The van der Waals surface area contributed by atoms with Crippen molar-refractivity contribution in [3.8, 4) is 0 Å². The molecule has 0 N–H and O–H groups in total. The van der Waals surface area contributed by atoms with E-state index in [-0.39, 0.29) is 0 Å². The van der Waals surface area contributed by atoms with Crippen molar-refractivity contribution in [2.75, 3.05) is 13.1 Å². The topological polar surface area (TPSA) is 3.01 Å².